The van der Waals surface area contributed by atoms with E-state index in [9.17, 15) is 4.79 Å². The summed E-state index contributed by atoms with van der Waals surface area (Å²) in [6, 6.07) is 10.0. The predicted octanol–water partition coefficient (Wildman–Crippen LogP) is 2.92. The second-order valence-corrected chi connectivity index (χ2v) is 5.33. The van der Waals surface area contributed by atoms with Crippen LogP contribution in [0.1, 0.15) is 31.7 Å². The number of benzene rings is 1. The van der Waals surface area contributed by atoms with Gasteiger partial charge in [-0.05, 0) is 37.4 Å². The summed E-state index contributed by atoms with van der Waals surface area (Å²) in [4.78, 5) is 14.3. The quantitative estimate of drug-likeness (QED) is 0.795. The Kier molecular flexibility index (Phi) is 4.94. The van der Waals surface area contributed by atoms with E-state index < -0.39 is 0 Å². The van der Waals surface area contributed by atoms with Crippen molar-refractivity contribution in [3.8, 4) is 0 Å². The number of carbonyl (C=O) groups is 1. The zero-order valence-corrected chi connectivity index (χ0v) is 11.3. The van der Waals surface area contributed by atoms with Gasteiger partial charge in [0.25, 0.3) is 0 Å². The molecule has 0 radical (unpaired) electrons. The molecule has 1 fully saturated rings. The lowest BCUT2D eigenvalue weighted by Crippen LogP contribution is -2.37. The minimum absolute atomic E-state index is 0.344. The van der Waals surface area contributed by atoms with Gasteiger partial charge in [-0.25, -0.2) is 0 Å². The first-order chi connectivity index (χ1) is 8.78. The molecule has 1 saturated heterocycles. The number of hydrogen-bond donors (Lipinski definition) is 0. The monoisotopic (exact) mass is 245 g/mol. The van der Waals surface area contributed by atoms with Crippen molar-refractivity contribution in [1.29, 1.82) is 0 Å². The van der Waals surface area contributed by atoms with Gasteiger partial charge in [-0.1, -0.05) is 43.7 Å². The Bertz CT molecular complexity index is 366. The van der Waals surface area contributed by atoms with Crippen LogP contribution in [0.15, 0.2) is 30.3 Å². The summed E-state index contributed by atoms with van der Waals surface area (Å²) in [5, 5.41) is 0. The first kappa shape index (κ1) is 13.3. The molecule has 0 aliphatic carbocycles. The van der Waals surface area contributed by atoms with Crippen LogP contribution in [0, 0.1) is 5.92 Å². The van der Waals surface area contributed by atoms with Crippen LogP contribution in [0.3, 0.4) is 0 Å². The van der Waals surface area contributed by atoms with Gasteiger partial charge in [0.15, 0.2) is 5.78 Å². The summed E-state index contributed by atoms with van der Waals surface area (Å²) in [5.74, 6) is 1.22. The number of likely N-dealkylation sites (tertiary alicyclic amines) is 1. The van der Waals surface area contributed by atoms with Gasteiger partial charge in [-0.2, -0.15) is 0 Å². The highest BCUT2D eigenvalue weighted by Gasteiger charge is 2.19. The predicted molar refractivity (Wildman–Crippen MR) is 74.6 cm³/mol. The van der Waals surface area contributed by atoms with Crippen molar-refractivity contribution in [1.82, 2.24) is 4.90 Å². The minimum atomic E-state index is 0.344. The van der Waals surface area contributed by atoms with Gasteiger partial charge in [0.05, 0.1) is 6.54 Å². The molecule has 1 heterocycles. The van der Waals surface area contributed by atoms with Gasteiger partial charge in [-0.15, -0.1) is 0 Å². The molecule has 0 unspecified atom stereocenters. The smallest absolute Gasteiger partial charge is 0.151 e. The number of Topliss-reactive ketones (excluding diaryl/α,β-unsaturated/α-hetero) is 1. The highest BCUT2D eigenvalue weighted by Crippen LogP contribution is 2.19. The number of piperidine rings is 1. The molecule has 2 nitrogen and oxygen atoms in total. The largest absolute Gasteiger partial charge is 0.298 e. The molecule has 0 N–H and O–H groups in total. The van der Waals surface area contributed by atoms with Crippen LogP contribution < -0.4 is 0 Å². The Morgan fingerprint density at radius 1 is 1.22 bits per heavy atom. The number of nitrogens with zero attached hydrogens (tertiary/aromatic N) is 1. The molecule has 0 aromatic heterocycles. The van der Waals surface area contributed by atoms with Crippen molar-refractivity contribution in [2.75, 3.05) is 19.6 Å². The molecule has 2 heteroatoms. The minimum Gasteiger partial charge on any atom is -0.298 e. The lowest BCUT2D eigenvalue weighted by molar-refractivity contribution is -0.119. The fraction of sp³-hybridized carbons (Fsp3) is 0.562. The van der Waals surface area contributed by atoms with E-state index in [2.05, 4.69) is 11.8 Å². The summed E-state index contributed by atoms with van der Waals surface area (Å²) in [7, 11) is 0. The van der Waals surface area contributed by atoms with Crippen molar-refractivity contribution in [3.05, 3.63) is 35.9 Å². The lowest BCUT2D eigenvalue weighted by atomic mass is 9.94. The van der Waals surface area contributed by atoms with Crippen LogP contribution >= 0.6 is 0 Å². The van der Waals surface area contributed by atoms with E-state index in [-0.39, 0.29) is 0 Å². The number of ketones is 1. The molecular formula is C16H23NO. The molecule has 1 aromatic rings. The highest BCUT2D eigenvalue weighted by atomic mass is 16.1. The standard InChI is InChI=1S/C16H23NO/c1-2-14-8-10-17(11-9-14)13-16(18)12-15-6-4-3-5-7-15/h3-7,14H,2,8-13H2,1H3. The fourth-order valence-electron chi connectivity index (χ4n) is 2.68. The summed E-state index contributed by atoms with van der Waals surface area (Å²) in [6.07, 6.45) is 4.38. The summed E-state index contributed by atoms with van der Waals surface area (Å²) < 4.78 is 0. The average molecular weight is 245 g/mol. The third-order valence-electron chi connectivity index (χ3n) is 3.93. The Labute approximate surface area is 110 Å². The van der Waals surface area contributed by atoms with Crippen LogP contribution in [-0.4, -0.2) is 30.3 Å². The van der Waals surface area contributed by atoms with Crippen LogP contribution in [0.25, 0.3) is 0 Å². The SMILES string of the molecule is CCC1CCN(CC(=O)Cc2ccccc2)CC1. The number of rotatable bonds is 5. The Morgan fingerprint density at radius 3 is 2.50 bits per heavy atom. The van der Waals surface area contributed by atoms with E-state index >= 15 is 0 Å². The molecule has 0 atom stereocenters. The molecule has 0 bridgehead atoms. The molecular weight excluding hydrogens is 222 g/mol. The molecule has 0 amide bonds. The Balaban J connectivity index is 1.75. The second kappa shape index (κ2) is 6.69. The average Bonchev–Trinajstić information content (AvgIpc) is 2.40. The zero-order chi connectivity index (χ0) is 12.8. The molecule has 18 heavy (non-hydrogen) atoms. The van der Waals surface area contributed by atoms with E-state index in [0.717, 1.165) is 24.6 Å². The zero-order valence-electron chi connectivity index (χ0n) is 11.3. The van der Waals surface area contributed by atoms with Crippen molar-refractivity contribution in [2.45, 2.75) is 32.6 Å². The van der Waals surface area contributed by atoms with E-state index in [1.54, 1.807) is 0 Å². The maximum atomic E-state index is 12.0. The molecule has 1 aromatic carbocycles. The van der Waals surface area contributed by atoms with Crippen LogP contribution in [0.5, 0.6) is 0 Å². The number of hydrogen-bond acceptors (Lipinski definition) is 2. The lowest BCUT2D eigenvalue weighted by Gasteiger charge is -2.30. The van der Waals surface area contributed by atoms with Crippen LogP contribution in [0.2, 0.25) is 0 Å². The van der Waals surface area contributed by atoms with Crippen molar-refractivity contribution in [2.24, 2.45) is 5.92 Å². The van der Waals surface area contributed by atoms with Gasteiger partial charge in [-0.3, -0.25) is 9.69 Å². The third-order valence-corrected chi connectivity index (χ3v) is 3.93. The molecule has 1 aliphatic heterocycles. The van der Waals surface area contributed by atoms with Gasteiger partial charge >= 0.3 is 0 Å². The molecule has 1 aliphatic rings. The van der Waals surface area contributed by atoms with Crippen molar-refractivity contribution < 1.29 is 4.79 Å². The van der Waals surface area contributed by atoms with Gasteiger partial charge in [0.1, 0.15) is 0 Å². The van der Waals surface area contributed by atoms with Crippen LogP contribution in [0.4, 0.5) is 0 Å². The van der Waals surface area contributed by atoms with E-state index in [1.807, 2.05) is 30.3 Å². The normalized spacial score (nSPS) is 17.8. The van der Waals surface area contributed by atoms with E-state index in [1.165, 1.54) is 19.3 Å². The maximum absolute atomic E-state index is 12.0. The molecule has 0 spiro atoms. The topological polar surface area (TPSA) is 20.3 Å². The summed E-state index contributed by atoms with van der Waals surface area (Å²) in [6.45, 7) is 5.09. The summed E-state index contributed by atoms with van der Waals surface area (Å²) >= 11 is 0. The van der Waals surface area contributed by atoms with Crippen molar-refractivity contribution >= 4 is 5.78 Å². The van der Waals surface area contributed by atoms with E-state index in [0.29, 0.717) is 18.7 Å². The molecule has 98 valence electrons. The van der Waals surface area contributed by atoms with Gasteiger partial charge < -0.3 is 0 Å². The highest BCUT2D eigenvalue weighted by molar-refractivity contribution is 5.82. The summed E-state index contributed by atoms with van der Waals surface area (Å²) in [5.41, 5.74) is 1.13. The fourth-order valence-corrected chi connectivity index (χ4v) is 2.68. The molecule has 2 rings (SSSR count). The van der Waals surface area contributed by atoms with Crippen LogP contribution in [-0.2, 0) is 11.2 Å². The van der Waals surface area contributed by atoms with Crippen molar-refractivity contribution in [3.63, 3.8) is 0 Å². The van der Waals surface area contributed by atoms with E-state index in [4.69, 9.17) is 0 Å². The first-order valence-corrected chi connectivity index (χ1v) is 7.06. The number of carbonyl (C=O) groups excluding carboxylic acids is 1. The van der Waals surface area contributed by atoms with Gasteiger partial charge in [0, 0.05) is 6.42 Å². The Hall–Kier alpha value is -1.15. The Morgan fingerprint density at radius 2 is 1.89 bits per heavy atom. The third kappa shape index (κ3) is 3.95. The molecule has 0 saturated carbocycles. The van der Waals surface area contributed by atoms with Gasteiger partial charge in [0.2, 0.25) is 0 Å². The second-order valence-electron chi connectivity index (χ2n) is 5.33. The maximum Gasteiger partial charge on any atom is 0.151 e. The first-order valence-electron chi connectivity index (χ1n) is 7.06.